The summed E-state index contributed by atoms with van der Waals surface area (Å²) >= 11 is 6.19. The van der Waals surface area contributed by atoms with Crippen LogP contribution in [0.2, 0.25) is 5.02 Å². The van der Waals surface area contributed by atoms with Gasteiger partial charge in [0.1, 0.15) is 5.76 Å². The topological polar surface area (TPSA) is 25.2 Å². The number of halogens is 1. The first kappa shape index (κ1) is 15.4. The van der Waals surface area contributed by atoms with Crippen molar-refractivity contribution in [2.24, 2.45) is 5.92 Å². The van der Waals surface area contributed by atoms with Crippen LogP contribution in [-0.2, 0) is 0 Å². The van der Waals surface area contributed by atoms with Gasteiger partial charge in [-0.1, -0.05) is 44.5 Å². The van der Waals surface area contributed by atoms with Gasteiger partial charge in [-0.25, -0.2) is 0 Å². The molecule has 0 fully saturated rings. The van der Waals surface area contributed by atoms with Gasteiger partial charge in [0.2, 0.25) is 0 Å². The van der Waals surface area contributed by atoms with Crippen molar-refractivity contribution < 1.29 is 4.42 Å². The molecule has 0 bridgehead atoms. The van der Waals surface area contributed by atoms with Crippen LogP contribution < -0.4 is 5.32 Å². The molecule has 20 heavy (non-hydrogen) atoms. The van der Waals surface area contributed by atoms with Crippen molar-refractivity contribution in [3.63, 3.8) is 0 Å². The van der Waals surface area contributed by atoms with Gasteiger partial charge in [-0.3, -0.25) is 0 Å². The lowest BCUT2D eigenvalue weighted by molar-refractivity contribution is 0.382. The van der Waals surface area contributed by atoms with E-state index >= 15 is 0 Å². The minimum atomic E-state index is 0.279. The quantitative estimate of drug-likeness (QED) is 0.722. The molecule has 1 aromatic heterocycles. The monoisotopic (exact) mass is 293 g/mol. The van der Waals surface area contributed by atoms with Crippen molar-refractivity contribution in [3.8, 4) is 0 Å². The number of hydrogen-bond donors (Lipinski definition) is 1. The summed E-state index contributed by atoms with van der Waals surface area (Å²) in [6.07, 6.45) is 3.40. The molecular formula is C17H24ClNO. The van der Waals surface area contributed by atoms with Crippen LogP contribution >= 0.6 is 11.6 Å². The van der Waals surface area contributed by atoms with Crippen molar-refractivity contribution >= 4 is 22.6 Å². The van der Waals surface area contributed by atoms with Crippen molar-refractivity contribution in [3.05, 3.63) is 35.0 Å². The second-order valence-electron chi connectivity index (χ2n) is 5.78. The Kier molecular flexibility index (Phi) is 5.50. The lowest BCUT2D eigenvalue weighted by Gasteiger charge is -2.17. The molecule has 0 aliphatic rings. The smallest absolute Gasteiger partial charge is 0.152 e. The van der Waals surface area contributed by atoms with E-state index in [-0.39, 0.29) is 6.04 Å². The Morgan fingerprint density at radius 1 is 1.25 bits per heavy atom. The maximum Gasteiger partial charge on any atom is 0.152 e. The number of fused-ring (bicyclic) bond motifs is 1. The SMILES string of the molecule is CCCNC(CCC(C)C)c1cc2cccc(Cl)c2o1. The van der Waals surface area contributed by atoms with E-state index in [4.69, 9.17) is 16.0 Å². The Morgan fingerprint density at radius 2 is 2.05 bits per heavy atom. The first-order valence-corrected chi connectivity index (χ1v) is 7.91. The molecule has 2 nitrogen and oxygen atoms in total. The molecule has 2 aromatic rings. The highest BCUT2D eigenvalue weighted by Crippen LogP contribution is 2.31. The number of hydrogen-bond acceptors (Lipinski definition) is 2. The van der Waals surface area contributed by atoms with Gasteiger partial charge in [-0.05, 0) is 43.9 Å². The van der Waals surface area contributed by atoms with Gasteiger partial charge < -0.3 is 9.73 Å². The van der Waals surface area contributed by atoms with E-state index in [2.05, 4.69) is 32.2 Å². The first-order chi connectivity index (χ1) is 9.61. The zero-order valence-corrected chi connectivity index (χ0v) is 13.3. The Balaban J connectivity index is 2.22. The predicted molar refractivity (Wildman–Crippen MR) is 86.3 cm³/mol. The molecule has 2 rings (SSSR count). The summed E-state index contributed by atoms with van der Waals surface area (Å²) in [5, 5.41) is 5.36. The first-order valence-electron chi connectivity index (χ1n) is 7.53. The fraction of sp³-hybridized carbons (Fsp3) is 0.529. The highest BCUT2D eigenvalue weighted by Gasteiger charge is 2.17. The number of rotatable bonds is 7. The average Bonchev–Trinajstić information content (AvgIpc) is 2.84. The van der Waals surface area contributed by atoms with Crippen LogP contribution in [0.3, 0.4) is 0 Å². The lowest BCUT2D eigenvalue weighted by atomic mass is 10.0. The molecule has 1 N–H and O–H groups in total. The third-order valence-corrected chi connectivity index (χ3v) is 3.83. The standard InChI is InChI=1S/C17H24ClNO/c1-4-10-19-15(9-8-12(2)3)16-11-13-6-5-7-14(18)17(13)20-16/h5-7,11-12,15,19H,4,8-10H2,1-3H3. The fourth-order valence-electron chi connectivity index (χ4n) is 2.38. The number of furan rings is 1. The summed E-state index contributed by atoms with van der Waals surface area (Å²) < 4.78 is 6.00. The van der Waals surface area contributed by atoms with Gasteiger partial charge in [-0.2, -0.15) is 0 Å². The fourth-order valence-corrected chi connectivity index (χ4v) is 2.60. The van der Waals surface area contributed by atoms with E-state index < -0.39 is 0 Å². The van der Waals surface area contributed by atoms with Crippen LogP contribution in [0.15, 0.2) is 28.7 Å². The van der Waals surface area contributed by atoms with Crippen LogP contribution in [0.4, 0.5) is 0 Å². The largest absolute Gasteiger partial charge is 0.458 e. The summed E-state index contributed by atoms with van der Waals surface area (Å²) in [6, 6.07) is 8.29. The number of benzene rings is 1. The molecule has 0 radical (unpaired) electrons. The third-order valence-electron chi connectivity index (χ3n) is 3.53. The molecule has 3 heteroatoms. The minimum Gasteiger partial charge on any atom is -0.458 e. The van der Waals surface area contributed by atoms with E-state index in [9.17, 15) is 0 Å². The maximum absolute atomic E-state index is 6.19. The molecule has 0 saturated carbocycles. The van der Waals surface area contributed by atoms with Crippen molar-refractivity contribution in [2.45, 2.75) is 46.1 Å². The van der Waals surface area contributed by atoms with Crippen molar-refractivity contribution in [1.82, 2.24) is 5.32 Å². The van der Waals surface area contributed by atoms with Crippen LogP contribution in [0, 0.1) is 5.92 Å². The summed E-state index contributed by atoms with van der Waals surface area (Å²) in [4.78, 5) is 0. The molecule has 0 aliphatic heterocycles. The second kappa shape index (κ2) is 7.14. The van der Waals surface area contributed by atoms with E-state index in [1.807, 2.05) is 18.2 Å². The zero-order valence-electron chi connectivity index (χ0n) is 12.6. The molecule has 1 atom stereocenters. The number of nitrogens with one attached hydrogen (secondary N) is 1. The summed E-state index contributed by atoms with van der Waals surface area (Å²) in [6.45, 7) is 7.70. The van der Waals surface area contributed by atoms with Gasteiger partial charge in [0.15, 0.2) is 5.58 Å². The highest BCUT2D eigenvalue weighted by molar-refractivity contribution is 6.34. The second-order valence-corrected chi connectivity index (χ2v) is 6.19. The maximum atomic E-state index is 6.19. The Morgan fingerprint density at radius 3 is 2.70 bits per heavy atom. The molecule has 0 spiro atoms. The summed E-state index contributed by atoms with van der Waals surface area (Å²) in [5.41, 5.74) is 0.803. The van der Waals surface area contributed by atoms with E-state index in [0.717, 1.165) is 36.1 Å². The Labute approximate surface area is 126 Å². The van der Waals surface area contributed by atoms with Crippen molar-refractivity contribution in [1.29, 1.82) is 0 Å². The molecule has 0 amide bonds. The van der Waals surface area contributed by atoms with Crippen LogP contribution in [0.1, 0.15) is 51.8 Å². The van der Waals surface area contributed by atoms with E-state index in [1.165, 1.54) is 6.42 Å². The van der Waals surface area contributed by atoms with Crippen LogP contribution in [0.25, 0.3) is 11.0 Å². The van der Waals surface area contributed by atoms with Gasteiger partial charge in [-0.15, -0.1) is 0 Å². The lowest BCUT2D eigenvalue weighted by Crippen LogP contribution is -2.22. The Bertz CT molecular complexity index is 547. The molecule has 0 aliphatic carbocycles. The molecule has 1 heterocycles. The normalized spacial score (nSPS) is 13.2. The third kappa shape index (κ3) is 3.77. The van der Waals surface area contributed by atoms with Crippen LogP contribution in [-0.4, -0.2) is 6.54 Å². The molecular weight excluding hydrogens is 270 g/mol. The molecule has 1 unspecified atom stereocenters. The van der Waals surface area contributed by atoms with Crippen LogP contribution in [0.5, 0.6) is 0 Å². The average molecular weight is 294 g/mol. The van der Waals surface area contributed by atoms with E-state index in [0.29, 0.717) is 10.9 Å². The zero-order chi connectivity index (χ0) is 14.5. The van der Waals surface area contributed by atoms with Gasteiger partial charge in [0, 0.05) is 5.39 Å². The minimum absolute atomic E-state index is 0.279. The van der Waals surface area contributed by atoms with Gasteiger partial charge >= 0.3 is 0 Å². The number of para-hydroxylation sites is 1. The highest BCUT2D eigenvalue weighted by atomic mass is 35.5. The van der Waals surface area contributed by atoms with Gasteiger partial charge in [0.05, 0.1) is 11.1 Å². The summed E-state index contributed by atoms with van der Waals surface area (Å²) in [5.74, 6) is 1.70. The molecule has 110 valence electrons. The van der Waals surface area contributed by atoms with E-state index in [1.54, 1.807) is 0 Å². The molecule has 1 aromatic carbocycles. The van der Waals surface area contributed by atoms with Gasteiger partial charge in [0.25, 0.3) is 0 Å². The summed E-state index contributed by atoms with van der Waals surface area (Å²) in [7, 11) is 0. The predicted octanol–water partition coefficient (Wildman–Crippen LogP) is 5.56. The molecule has 0 saturated heterocycles. The van der Waals surface area contributed by atoms with Crippen molar-refractivity contribution in [2.75, 3.05) is 6.54 Å². The Hall–Kier alpha value is -0.990.